The van der Waals surface area contributed by atoms with E-state index < -0.39 is 25.2 Å². The van der Waals surface area contributed by atoms with Crippen molar-refractivity contribution in [2.45, 2.75) is 84.0 Å². The van der Waals surface area contributed by atoms with Gasteiger partial charge < -0.3 is 8.23 Å². The Hall–Kier alpha value is -1.50. The second-order valence-corrected chi connectivity index (χ2v) is 22.8. The van der Waals surface area contributed by atoms with Crippen LogP contribution in [0, 0.1) is 11.3 Å². The van der Waals surface area contributed by atoms with Gasteiger partial charge in [-0.3, -0.25) is 0 Å². The Morgan fingerprint density at radius 2 is 1.25 bits per heavy atom. The van der Waals surface area contributed by atoms with Crippen molar-refractivity contribution in [3.63, 3.8) is 0 Å². The number of unbranched alkanes of at least 4 members (excludes halogenated alkanes) is 3. The van der Waals surface area contributed by atoms with Gasteiger partial charge in [-0.2, -0.15) is 5.26 Å². The van der Waals surface area contributed by atoms with Gasteiger partial charge in [0.15, 0.2) is 16.6 Å². The van der Waals surface area contributed by atoms with Crippen molar-refractivity contribution in [1.82, 2.24) is 0 Å². The lowest BCUT2D eigenvalue weighted by Gasteiger charge is -2.39. The predicted octanol–water partition coefficient (Wildman–Crippen LogP) is 8.03. The van der Waals surface area contributed by atoms with Gasteiger partial charge in [-0.25, -0.2) is 0 Å². The fourth-order valence-electron chi connectivity index (χ4n) is 4.46. The van der Waals surface area contributed by atoms with Gasteiger partial charge in [0.05, 0.1) is 11.6 Å². The lowest BCUT2D eigenvalue weighted by molar-refractivity contribution is 0.387. The van der Waals surface area contributed by atoms with Crippen LogP contribution in [-0.4, -0.2) is 25.2 Å². The summed E-state index contributed by atoms with van der Waals surface area (Å²) in [7, 11) is -5.78. The zero-order chi connectivity index (χ0) is 23.8. The first-order chi connectivity index (χ1) is 15.0. The van der Waals surface area contributed by atoms with Gasteiger partial charge in [-0.1, -0.05) is 69.0 Å². The van der Waals surface area contributed by atoms with Crippen molar-refractivity contribution in [2.24, 2.45) is 0 Å². The van der Waals surface area contributed by atoms with Crippen LogP contribution in [0.15, 0.2) is 48.5 Å². The van der Waals surface area contributed by atoms with E-state index in [1.807, 2.05) is 24.3 Å². The van der Waals surface area contributed by atoms with E-state index in [0.29, 0.717) is 5.56 Å². The Morgan fingerprint density at radius 1 is 0.719 bits per heavy atom. The molecule has 0 aliphatic carbocycles. The predicted molar refractivity (Wildman–Crippen MR) is 144 cm³/mol. The van der Waals surface area contributed by atoms with E-state index >= 15 is 0 Å². The first-order valence-corrected chi connectivity index (χ1v) is 21.0. The monoisotopic (exact) mass is 483 g/mol. The summed E-state index contributed by atoms with van der Waals surface area (Å²) in [5.41, 5.74) is 4.32. The molecule has 0 radical (unpaired) electrons. The molecule has 32 heavy (non-hydrogen) atoms. The SMILES string of the molecule is CCCCCC[Si](C)(C)O[Si](C)(C)O[Si](C)(C)Cc1ccc(-c2ccc(C#N)cc2)cc1. The molecule has 2 rings (SSSR count). The normalized spacial score (nSPS) is 12.6. The van der Waals surface area contributed by atoms with Crippen LogP contribution in [0.5, 0.6) is 0 Å². The molecule has 6 heteroatoms. The molecule has 0 aliphatic heterocycles. The molecule has 0 saturated heterocycles. The molecule has 0 aliphatic rings. The third kappa shape index (κ3) is 9.16. The van der Waals surface area contributed by atoms with E-state index in [4.69, 9.17) is 13.5 Å². The third-order valence-electron chi connectivity index (χ3n) is 5.61. The van der Waals surface area contributed by atoms with Crippen LogP contribution in [0.1, 0.15) is 43.7 Å². The highest BCUT2D eigenvalue weighted by Gasteiger charge is 2.39. The fraction of sp³-hybridized carbons (Fsp3) is 0.500. The summed E-state index contributed by atoms with van der Waals surface area (Å²) in [5, 5.41) is 8.98. The average molecular weight is 484 g/mol. The molecule has 0 saturated carbocycles. The second-order valence-electron chi connectivity index (χ2n) is 10.5. The van der Waals surface area contributed by atoms with Gasteiger partial charge in [0.1, 0.15) is 0 Å². The molecule has 0 heterocycles. The maximum Gasteiger partial charge on any atom is 0.311 e. The summed E-state index contributed by atoms with van der Waals surface area (Å²) in [6.45, 7) is 16.1. The Morgan fingerprint density at radius 3 is 1.78 bits per heavy atom. The molecule has 0 amide bonds. The maximum absolute atomic E-state index is 8.98. The molecule has 0 aromatic heterocycles. The summed E-state index contributed by atoms with van der Waals surface area (Å²) in [6.07, 6.45) is 5.20. The quantitative estimate of drug-likeness (QED) is 0.226. The molecule has 0 atom stereocenters. The van der Waals surface area contributed by atoms with Gasteiger partial charge in [-0.05, 0) is 80.2 Å². The Kier molecular flexibility index (Phi) is 9.68. The smallest absolute Gasteiger partial charge is 0.311 e. The summed E-state index contributed by atoms with van der Waals surface area (Å²) in [6, 6.07) is 20.9. The maximum atomic E-state index is 8.98. The molecule has 0 fully saturated rings. The molecule has 2 aromatic carbocycles. The molecule has 3 nitrogen and oxygen atoms in total. The molecule has 0 bridgehead atoms. The first-order valence-electron chi connectivity index (χ1n) is 12.0. The summed E-state index contributed by atoms with van der Waals surface area (Å²) in [5.74, 6) is 0. The number of benzene rings is 2. The molecule has 174 valence electrons. The zero-order valence-electron chi connectivity index (χ0n) is 21.1. The second kappa shape index (κ2) is 11.6. The fourth-order valence-corrected chi connectivity index (χ4v) is 18.7. The van der Waals surface area contributed by atoms with Crippen molar-refractivity contribution < 1.29 is 8.23 Å². The van der Waals surface area contributed by atoms with Crippen LogP contribution in [-0.2, 0) is 14.3 Å². The average Bonchev–Trinajstić information content (AvgIpc) is 2.70. The highest BCUT2D eigenvalue weighted by Crippen LogP contribution is 2.27. The van der Waals surface area contributed by atoms with E-state index in [0.717, 1.165) is 11.6 Å². The van der Waals surface area contributed by atoms with Crippen molar-refractivity contribution in [1.29, 1.82) is 5.26 Å². The minimum atomic E-state index is -2.17. The topological polar surface area (TPSA) is 42.2 Å². The van der Waals surface area contributed by atoms with Crippen molar-refractivity contribution in [2.75, 3.05) is 0 Å². The molecular formula is C26H41NO2Si3. The van der Waals surface area contributed by atoms with Crippen molar-refractivity contribution >= 4 is 25.2 Å². The summed E-state index contributed by atoms with van der Waals surface area (Å²) in [4.78, 5) is 0. The zero-order valence-corrected chi connectivity index (χ0v) is 24.1. The largest absolute Gasteiger partial charge is 0.437 e. The third-order valence-corrected chi connectivity index (χ3v) is 16.8. The summed E-state index contributed by atoms with van der Waals surface area (Å²) < 4.78 is 13.5. The van der Waals surface area contributed by atoms with Gasteiger partial charge in [-0.15, -0.1) is 0 Å². The Bertz CT molecular complexity index is 885. The molecule has 2 aromatic rings. The Balaban J connectivity index is 1.96. The Labute approximate surface area is 199 Å². The van der Waals surface area contributed by atoms with Gasteiger partial charge in [0.2, 0.25) is 0 Å². The number of hydrogen-bond acceptors (Lipinski definition) is 3. The standard InChI is InChI=1S/C26H41NO2Si3/c1-8-9-10-11-20-30(2,3)28-32(6,7)29-31(4,5)22-24-14-18-26(19-15-24)25-16-12-23(21-27)13-17-25/h12-19H,8-11,20,22H2,1-7H3. The van der Waals surface area contributed by atoms with E-state index in [2.05, 4.69) is 76.5 Å². The van der Waals surface area contributed by atoms with Crippen LogP contribution in [0.25, 0.3) is 11.1 Å². The van der Waals surface area contributed by atoms with Crippen molar-refractivity contribution in [3.8, 4) is 17.2 Å². The number of nitrogens with zero attached hydrogens (tertiary/aromatic N) is 1. The number of hydrogen-bond donors (Lipinski definition) is 0. The number of rotatable bonds is 12. The van der Waals surface area contributed by atoms with Gasteiger partial charge in [0, 0.05) is 0 Å². The minimum absolute atomic E-state index is 0.691. The lowest BCUT2D eigenvalue weighted by Crippen LogP contribution is -2.53. The van der Waals surface area contributed by atoms with E-state index in [-0.39, 0.29) is 0 Å². The van der Waals surface area contributed by atoms with E-state index in [1.54, 1.807) is 0 Å². The lowest BCUT2D eigenvalue weighted by atomic mass is 10.0. The molecule has 0 N–H and O–H groups in total. The summed E-state index contributed by atoms with van der Waals surface area (Å²) >= 11 is 0. The molecule has 0 unspecified atom stereocenters. The molecular weight excluding hydrogens is 443 g/mol. The van der Waals surface area contributed by atoms with Crippen molar-refractivity contribution in [3.05, 3.63) is 59.7 Å². The van der Waals surface area contributed by atoms with Crippen LogP contribution in [0.2, 0.25) is 45.3 Å². The van der Waals surface area contributed by atoms with Gasteiger partial charge >= 0.3 is 8.56 Å². The van der Waals surface area contributed by atoms with Crippen LogP contribution in [0.4, 0.5) is 0 Å². The van der Waals surface area contributed by atoms with Crippen LogP contribution >= 0.6 is 0 Å². The number of nitriles is 1. The van der Waals surface area contributed by atoms with Crippen LogP contribution < -0.4 is 0 Å². The van der Waals surface area contributed by atoms with Crippen LogP contribution in [0.3, 0.4) is 0 Å². The minimum Gasteiger partial charge on any atom is -0.437 e. The molecule has 0 spiro atoms. The highest BCUT2D eigenvalue weighted by molar-refractivity contribution is 6.87. The van der Waals surface area contributed by atoms with Gasteiger partial charge in [0.25, 0.3) is 0 Å². The van der Waals surface area contributed by atoms with E-state index in [9.17, 15) is 0 Å². The first kappa shape index (κ1) is 26.8. The van der Waals surface area contributed by atoms with E-state index in [1.165, 1.54) is 42.9 Å². The highest BCUT2D eigenvalue weighted by atomic mass is 28.5.